The number of nitrogens with two attached hydrogens (primary N) is 4. The predicted molar refractivity (Wildman–Crippen MR) is 518 cm³/mol. The molecule has 1 aromatic heterocycles. The average Bonchev–Trinajstić information content (AvgIpc) is 1.78. The number of sulfonamides is 1. The molecule has 10 aromatic rings. The van der Waals surface area contributed by atoms with Crippen molar-refractivity contribution in [2.24, 2.45) is 0 Å². The van der Waals surface area contributed by atoms with E-state index in [4.69, 9.17) is 51.4 Å². The van der Waals surface area contributed by atoms with Crippen molar-refractivity contribution in [2.45, 2.75) is 175 Å². The fraction of sp³-hybridized carbons (Fsp3) is 0.341. The van der Waals surface area contributed by atoms with Crippen molar-refractivity contribution in [3.8, 4) is 6.07 Å². The molecule has 3 aliphatic heterocycles. The minimum atomic E-state index is -3.96. The summed E-state index contributed by atoms with van der Waals surface area (Å²) in [7, 11) is -3.96. The summed E-state index contributed by atoms with van der Waals surface area (Å²) in [6.45, 7) is 39.6. The Morgan fingerprint density at radius 1 is 0.488 bits per heavy atom. The molecule has 0 spiro atoms. The summed E-state index contributed by atoms with van der Waals surface area (Å²) in [5, 5.41) is 41.5. The third kappa shape index (κ3) is 29.5. The molecule has 3 aliphatic rings. The smallest absolute Gasteiger partial charge is 0.273 e. The van der Waals surface area contributed by atoms with Gasteiger partial charge in [-0.05, 0) is 316 Å². The minimum absolute atomic E-state index is 0. The number of hydrogen-bond donors (Lipinski definition) is 5. The first-order valence-corrected chi connectivity index (χ1v) is 44.8. The highest BCUT2D eigenvalue weighted by atomic mass is 79.9. The number of Topliss-reactive ketones (excluding diaryl/α,β-unsaturated/α-hetero) is 1. The van der Waals surface area contributed by atoms with Crippen molar-refractivity contribution in [2.75, 3.05) is 81.6 Å². The van der Waals surface area contributed by atoms with Crippen LogP contribution in [-0.4, -0.2) is 68.2 Å². The Bertz CT molecular complexity index is 5390. The molecule has 3 saturated heterocycles. The zero-order chi connectivity index (χ0) is 90.1. The zero-order valence-corrected chi connectivity index (χ0v) is 80.4. The van der Waals surface area contributed by atoms with E-state index in [-0.39, 0.29) is 62.0 Å². The van der Waals surface area contributed by atoms with Crippen molar-refractivity contribution in [1.82, 2.24) is 0 Å². The van der Waals surface area contributed by atoms with Gasteiger partial charge in [0.15, 0.2) is 5.78 Å². The third-order valence-corrected chi connectivity index (χ3v) is 27.4. The van der Waals surface area contributed by atoms with Gasteiger partial charge >= 0.3 is 0 Å². The molecular weight excluding hydrogens is 1880 g/mol. The largest absolute Gasteiger partial charge is 0.398 e. The summed E-state index contributed by atoms with van der Waals surface area (Å²) in [4.78, 5) is 50.8. The maximum atomic E-state index is 13.2. The SMILES string of the molecule is C.CC#N.Cc1cc(C)c(Br)cc1N.Cc1cc(C)c([N+](=O)[O-])cc1Br.Cc1cc(Cl)c(CC(=O)c2sccc2NS(=O)(=O)c2ccc(F)cc2)c(C)c1N1CCCC1.Cc1cc(Cl)c(N)c(C)c1N1CCCC1.Cc1ccc(N)c(C)c1Br.Cc1ccc(N)c(C)c1N1CCCC1.Cc1ccc([N+](=O)[O-])c(C)c1.Cc1ccc([N+](=O)[O-])c(C)c1Br. The highest BCUT2D eigenvalue weighted by Crippen LogP contribution is 2.40. The standard InChI is InChI=1S/C24H24ClFN2O3S2.C12H17ClN2.C12H18N2.2C8H8BrNO2.2C8H10BrN.C8H9NO2.C2H3N.CH4/c1-15-13-20(25)19(16(2)23(15)28-10-3-4-11-28)14-22(29)24-21(9-12-32-24)27-33(30,31)18-7-5-17(26)6-8-18;1-8-7-10(13)11(14)9(2)12(8)15-5-3-4-6-15;1-9-5-6-11(13)10(2)12(9)14-7-3-4-8-14;1-5-3-6(2)8(10(11)12)4-7(5)9;1-5-3-4-7(10(11)12)6(2)8(5)9;1-5-3-6(2)8(10)4-7(5)9;1-5-3-4-7(10)6(2)8(5)9;1-6-3-4-8(9(10)11)7(2)5-6;1-2-3;/h5-9,12-13,27H,3-4,10-11,14H2,1-2H3;7H,3-6,14H2,1-2H3;5-6H,3-4,7-8,13H2,1-2H3;2*3-4H,1-2H3;2*3-4H,10H2,1-2H3;3-5H,1-2H3;1H3;1H4. The van der Waals surface area contributed by atoms with Crippen LogP contribution in [0.5, 0.6) is 0 Å². The van der Waals surface area contributed by atoms with Crippen molar-refractivity contribution in [3.05, 3.63) is 290 Å². The van der Waals surface area contributed by atoms with Crippen LogP contribution in [0.15, 0.2) is 149 Å². The number of nitro groups is 3. The van der Waals surface area contributed by atoms with E-state index in [0.29, 0.717) is 26.0 Å². The molecule has 3 fully saturated rings. The number of hydrogen-bond acceptors (Lipinski definition) is 18. The van der Waals surface area contributed by atoms with E-state index in [1.54, 1.807) is 62.6 Å². The van der Waals surface area contributed by atoms with E-state index in [9.17, 15) is 47.9 Å². The van der Waals surface area contributed by atoms with Crippen LogP contribution in [0, 0.1) is 158 Å². The number of nitrogen functional groups attached to an aromatic ring is 4. The number of nitriles is 1. The van der Waals surface area contributed by atoms with Crippen LogP contribution in [-0.2, 0) is 16.4 Å². The number of thiophene rings is 1. The molecular formula is C91H111Br4Cl2FN12O9S2. The van der Waals surface area contributed by atoms with Crippen molar-refractivity contribution < 1.29 is 32.4 Å². The maximum Gasteiger partial charge on any atom is 0.273 e. The fourth-order valence-electron chi connectivity index (χ4n) is 13.6. The van der Waals surface area contributed by atoms with Crippen LogP contribution in [0.25, 0.3) is 0 Å². The number of aryl methyl sites for hydroxylation is 11. The van der Waals surface area contributed by atoms with Crippen LogP contribution >= 0.6 is 98.3 Å². The lowest BCUT2D eigenvalue weighted by Crippen LogP contribution is -2.21. The topological polar surface area (TPSA) is 330 Å². The molecule has 0 radical (unpaired) electrons. The Labute approximate surface area is 760 Å². The van der Waals surface area contributed by atoms with Gasteiger partial charge in [-0.1, -0.05) is 114 Å². The third-order valence-electron chi connectivity index (χ3n) is 20.3. The van der Waals surface area contributed by atoms with Gasteiger partial charge < -0.3 is 37.6 Å². The summed E-state index contributed by atoms with van der Waals surface area (Å²) >= 11 is 27.2. The molecule has 121 heavy (non-hydrogen) atoms. The lowest BCUT2D eigenvalue weighted by molar-refractivity contribution is -0.385. The molecule has 30 heteroatoms. The lowest BCUT2D eigenvalue weighted by atomic mass is 9.97. The molecule has 650 valence electrons. The van der Waals surface area contributed by atoms with Crippen molar-refractivity contribution in [1.29, 1.82) is 5.26 Å². The lowest BCUT2D eigenvalue weighted by Gasteiger charge is -2.25. The molecule has 9 N–H and O–H groups in total. The first kappa shape index (κ1) is 104. The van der Waals surface area contributed by atoms with Gasteiger partial charge in [-0.3, -0.25) is 39.9 Å². The van der Waals surface area contributed by atoms with Gasteiger partial charge in [0.05, 0.1) is 47.0 Å². The van der Waals surface area contributed by atoms with E-state index < -0.39 is 15.8 Å². The second kappa shape index (κ2) is 48.6. The van der Waals surface area contributed by atoms with E-state index in [2.05, 4.69) is 137 Å². The molecule has 0 aliphatic carbocycles. The molecule has 0 amide bonds. The number of halogens is 7. The summed E-state index contributed by atoms with van der Waals surface area (Å²) in [5.74, 6) is -0.748. The number of benzene rings is 9. The summed E-state index contributed by atoms with van der Waals surface area (Å²) in [5.41, 5.74) is 48.7. The Morgan fingerprint density at radius 2 is 0.901 bits per heavy atom. The number of carbonyl (C=O) groups excluding carboxylic acids is 1. The predicted octanol–water partition coefficient (Wildman–Crippen LogP) is 26.2. The number of carbonyl (C=O) groups is 1. The first-order chi connectivity index (χ1) is 56.3. The molecule has 4 heterocycles. The Kier molecular flexibility index (Phi) is 41.8. The van der Waals surface area contributed by atoms with E-state index >= 15 is 0 Å². The second-order valence-electron chi connectivity index (χ2n) is 29.4. The van der Waals surface area contributed by atoms with E-state index in [0.717, 1.165) is 153 Å². The Balaban J connectivity index is 0.000000302. The highest BCUT2D eigenvalue weighted by molar-refractivity contribution is 9.11. The van der Waals surface area contributed by atoms with Crippen molar-refractivity contribution in [3.63, 3.8) is 0 Å². The summed E-state index contributed by atoms with van der Waals surface area (Å²) < 4.78 is 44.9. The number of rotatable bonds is 12. The Morgan fingerprint density at radius 3 is 1.37 bits per heavy atom. The van der Waals surface area contributed by atoms with Gasteiger partial charge in [-0.2, -0.15) is 5.26 Å². The minimum Gasteiger partial charge on any atom is -0.398 e. The van der Waals surface area contributed by atoms with Crippen LogP contribution < -0.4 is 42.4 Å². The highest BCUT2D eigenvalue weighted by Gasteiger charge is 2.27. The second-order valence-corrected chi connectivity index (χ2v) is 36.1. The van der Waals surface area contributed by atoms with Crippen LogP contribution in [0.2, 0.25) is 10.0 Å². The maximum absolute atomic E-state index is 13.2. The van der Waals surface area contributed by atoms with Gasteiger partial charge in [0.2, 0.25) is 0 Å². The van der Waals surface area contributed by atoms with Crippen LogP contribution in [0.1, 0.15) is 157 Å². The molecule has 0 saturated carbocycles. The quantitative estimate of drug-likeness (QED) is 0.0328. The molecule has 9 aromatic carbocycles. The fourth-order valence-corrected chi connectivity index (χ4v) is 17.6. The van der Waals surface area contributed by atoms with Gasteiger partial charge in [0.25, 0.3) is 27.1 Å². The van der Waals surface area contributed by atoms with Gasteiger partial charge in [0.1, 0.15) is 5.82 Å². The number of ketones is 1. The van der Waals surface area contributed by atoms with Crippen LogP contribution in [0.4, 0.5) is 67.0 Å². The normalized spacial score (nSPS) is 12.2. The van der Waals surface area contributed by atoms with Crippen molar-refractivity contribution >= 4 is 177 Å². The van der Waals surface area contributed by atoms with Gasteiger partial charge in [0, 0.05) is 145 Å². The summed E-state index contributed by atoms with van der Waals surface area (Å²) in [6.07, 6.45) is 7.53. The van der Waals surface area contributed by atoms with Crippen LogP contribution in [0.3, 0.4) is 0 Å². The van der Waals surface area contributed by atoms with E-state index in [1.807, 2.05) is 84.9 Å². The molecule has 21 nitrogen and oxygen atoms in total. The van der Waals surface area contributed by atoms with Gasteiger partial charge in [-0.15, -0.1) is 11.3 Å². The Hall–Kier alpha value is -9.18. The monoisotopic (exact) mass is 1980 g/mol. The number of nitro benzene ring substituents is 3. The first-order valence-electron chi connectivity index (χ1n) is 38.5. The molecule has 0 atom stereocenters. The zero-order valence-electron chi connectivity index (χ0n) is 70.9. The van der Waals surface area contributed by atoms with E-state index in [1.165, 1.54) is 127 Å². The number of nitrogens with one attached hydrogen (secondary N) is 1. The molecule has 13 rings (SSSR count). The molecule has 0 bridgehead atoms. The number of anilines is 8. The summed E-state index contributed by atoms with van der Waals surface area (Å²) in [6, 6.07) is 35.4. The average molecular weight is 1990 g/mol. The number of nitrogens with zero attached hydrogens (tertiary/aromatic N) is 7. The molecule has 0 unspecified atom stereocenters. The van der Waals surface area contributed by atoms with Gasteiger partial charge in [-0.25, -0.2) is 12.8 Å².